The van der Waals surface area contributed by atoms with Crippen molar-refractivity contribution in [2.45, 2.75) is 19.9 Å². The molecule has 2 heterocycles. The number of carbonyl (C=O) groups excluding carboxylic acids is 1. The Hall–Kier alpha value is -0.610. The number of nitrogens with zero attached hydrogens (tertiary/aromatic N) is 2. The van der Waals surface area contributed by atoms with Crippen molar-refractivity contribution in [1.82, 2.24) is 9.80 Å². The maximum Gasteiger partial charge on any atom is 0.209 e. The van der Waals surface area contributed by atoms with E-state index < -0.39 is 0 Å². The fourth-order valence-corrected chi connectivity index (χ4v) is 1.87. The molecule has 82 valence electrons. The predicted molar refractivity (Wildman–Crippen MR) is 55.2 cm³/mol. The van der Waals surface area contributed by atoms with Crippen LogP contribution < -0.4 is 0 Å². The van der Waals surface area contributed by atoms with Crippen LogP contribution in [0.5, 0.6) is 0 Å². The van der Waals surface area contributed by atoms with E-state index in [2.05, 4.69) is 4.90 Å². The Morgan fingerprint density at radius 1 is 1.29 bits per heavy atom. The Morgan fingerprint density at radius 2 is 2.07 bits per heavy atom. The first-order valence-corrected chi connectivity index (χ1v) is 5.41. The van der Waals surface area contributed by atoms with E-state index in [4.69, 9.17) is 4.74 Å². The number of carbonyl (C=O) groups is 1. The highest BCUT2D eigenvalue weighted by Gasteiger charge is 2.28. The summed E-state index contributed by atoms with van der Waals surface area (Å²) in [7, 11) is 0. The number of amides is 1. The first kappa shape index (κ1) is 11.5. The van der Waals surface area contributed by atoms with E-state index >= 15 is 0 Å². The summed E-state index contributed by atoms with van der Waals surface area (Å²) in [6, 6.07) is 0.442. The number of rotatable bonds is 1. The predicted octanol–water partition coefficient (Wildman–Crippen LogP) is 0.185. The molecular weight excluding hydrogens is 180 g/mol. The lowest BCUT2D eigenvalue weighted by Gasteiger charge is -2.42. The summed E-state index contributed by atoms with van der Waals surface area (Å²) in [4.78, 5) is 14.7. The van der Waals surface area contributed by atoms with E-state index in [9.17, 15) is 4.79 Å². The average molecular weight is 200 g/mol. The molecule has 2 rings (SSSR count). The van der Waals surface area contributed by atoms with E-state index in [1.54, 1.807) is 0 Å². The topological polar surface area (TPSA) is 32.8 Å². The van der Waals surface area contributed by atoms with Crippen LogP contribution in [0, 0.1) is 0 Å². The molecule has 4 nitrogen and oxygen atoms in total. The van der Waals surface area contributed by atoms with Gasteiger partial charge in [-0.2, -0.15) is 0 Å². The summed E-state index contributed by atoms with van der Waals surface area (Å²) in [6.07, 6.45) is 0.936. The van der Waals surface area contributed by atoms with Crippen molar-refractivity contribution in [1.29, 1.82) is 0 Å². The molecule has 0 aromatic heterocycles. The van der Waals surface area contributed by atoms with Crippen molar-refractivity contribution in [3.63, 3.8) is 0 Å². The van der Waals surface area contributed by atoms with Crippen molar-refractivity contribution < 1.29 is 9.53 Å². The molecule has 2 aliphatic heterocycles. The number of ether oxygens (including phenoxy) is 1. The summed E-state index contributed by atoms with van der Waals surface area (Å²) < 4.78 is 5.35. The normalized spacial score (nSPS) is 27.3. The van der Waals surface area contributed by atoms with Gasteiger partial charge in [0.2, 0.25) is 6.41 Å². The molecule has 0 bridgehead atoms. The monoisotopic (exact) mass is 200 g/mol. The number of hydrogen-bond acceptors (Lipinski definition) is 3. The second-order valence-electron chi connectivity index (χ2n) is 3.37. The van der Waals surface area contributed by atoms with E-state index in [1.807, 2.05) is 18.7 Å². The van der Waals surface area contributed by atoms with Crippen LogP contribution in [0.2, 0.25) is 0 Å². The van der Waals surface area contributed by atoms with Gasteiger partial charge in [-0.3, -0.25) is 9.69 Å². The average Bonchev–Trinajstić information content (AvgIpc) is 2.31. The molecule has 0 saturated carbocycles. The maximum absolute atomic E-state index is 10.5. The quantitative estimate of drug-likeness (QED) is 0.566. The van der Waals surface area contributed by atoms with Crippen molar-refractivity contribution in [2.24, 2.45) is 0 Å². The molecule has 2 saturated heterocycles. The molecule has 14 heavy (non-hydrogen) atoms. The van der Waals surface area contributed by atoms with Gasteiger partial charge in [-0.15, -0.1) is 0 Å². The minimum Gasteiger partial charge on any atom is -0.378 e. The molecular formula is C10H20N2O2. The zero-order chi connectivity index (χ0) is 10.4. The molecule has 0 aromatic carbocycles. The summed E-state index contributed by atoms with van der Waals surface area (Å²) in [5, 5.41) is 0. The molecule has 1 amide bonds. The molecule has 0 aliphatic carbocycles. The lowest BCUT2D eigenvalue weighted by atomic mass is 10.1. The molecule has 0 spiro atoms. The van der Waals surface area contributed by atoms with E-state index in [0.717, 1.165) is 45.8 Å². The number of morpholine rings is 1. The largest absolute Gasteiger partial charge is 0.378 e. The van der Waals surface area contributed by atoms with Crippen LogP contribution in [0.15, 0.2) is 0 Å². The molecule has 0 aromatic rings. The van der Waals surface area contributed by atoms with E-state index in [0.29, 0.717) is 6.04 Å². The van der Waals surface area contributed by atoms with Crippen molar-refractivity contribution in [3.05, 3.63) is 0 Å². The molecule has 2 aliphatic rings. The van der Waals surface area contributed by atoms with Crippen molar-refractivity contribution >= 4 is 6.41 Å². The van der Waals surface area contributed by atoms with Crippen molar-refractivity contribution in [3.8, 4) is 0 Å². The first-order valence-electron chi connectivity index (χ1n) is 5.41. The summed E-state index contributed by atoms with van der Waals surface area (Å²) in [5.74, 6) is 0. The molecule has 1 atom stereocenters. The third-order valence-corrected chi connectivity index (χ3v) is 2.62. The van der Waals surface area contributed by atoms with Crippen LogP contribution in [0.1, 0.15) is 13.8 Å². The van der Waals surface area contributed by atoms with Crippen LogP contribution in [-0.4, -0.2) is 61.6 Å². The summed E-state index contributed by atoms with van der Waals surface area (Å²) in [6.45, 7) is 9.37. The molecule has 0 N–H and O–H groups in total. The van der Waals surface area contributed by atoms with Crippen LogP contribution in [0.25, 0.3) is 0 Å². The van der Waals surface area contributed by atoms with Gasteiger partial charge in [0.15, 0.2) is 0 Å². The van der Waals surface area contributed by atoms with Gasteiger partial charge in [0.05, 0.1) is 19.3 Å². The Balaban J connectivity index is 0.000000461. The van der Waals surface area contributed by atoms with Gasteiger partial charge in [-0.1, -0.05) is 13.8 Å². The second kappa shape index (κ2) is 5.98. The third-order valence-electron chi connectivity index (χ3n) is 2.62. The van der Waals surface area contributed by atoms with Crippen LogP contribution in [0.4, 0.5) is 0 Å². The SMILES string of the molecule is CC.O=CN1CCN2CCOCC2C1. The second-order valence-corrected chi connectivity index (χ2v) is 3.37. The van der Waals surface area contributed by atoms with Gasteiger partial charge in [0.1, 0.15) is 0 Å². The number of fused-ring (bicyclic) bond motifs is 1. The summed E-state index contributed by atoms with van der Waals surface area (Å²) in [5.41, 5.74) is 0. The van der Waals surface area contributed by atoms with E-state index in [-0.39, 0.29) is 0 Å². The molecule has 1 unspecified atom stereocenters. The fraction of sp³-hybridized carbons (Fsp3) is 0.900. The number of hydrogen-bond donors (Lipinski definition) is 0. The van der Waals surface area contributed by atoms with Crippen molar-refractivity contribution in [2.75, 3.05) is 39.4 Å². The molecule has 4 heteroatoms. The Kier molecular flexibility index (Phi) is 4.90. The van der Waals surface area contributed by atoms with Gasteiger partial charge < -0.3 is 9.64 Å². The van der Waals surface area contributed by atoms with Crippen LogP contribution in [-0.2, 0) is 9.53 Å². The lowest BCUT2D eigenvalue weighted by molar-refractivity contribution is -0.123. The number of piperazine rings is 1. The minimum atomic E-state index is 0.442. The Bertz CT molecular complexity index is 176. The zero-order valence-electron chi connectivity index (χ0n) is 9.11. The van der Waals surface area contributed by atoms with Gasteiger partial charge in [0.25, 0.3) is 0 Å². The highest BCUT2D eigenvalue weighted by atomic mass is 16.5. The maximum atomic E-state index is 10.5. The highest BCUT2D eigenvalue weighted by molar-refractivity contribution is 5.47. The van der Waals surface area contributed by atoms with Gasteiger partial charge in [-0.25, -0.2) is 0 Å². The van der Waals surface area contributed by atoms with Gasteiger partial charge in [-0.05, 0) is 0 Å². The lowest BCUT2D eigenvalue weighted by Crippen LogP contribution is -2.57. The van der Waals surface area contributed by atoms with Gasteiger partial charge >= 0.3 is 0 Å². The standard InChI is InChI=1S/C8H14N2O2.C2H6/c11-7-9-1-2-10-3-4-12-6-8(10)5-9;1-2/h7-8H,1-6H2;1-2H3. The Morgan fingerprint density at radius 3 is 2.79 bits per heavy atom. The zero-order valence-corrected chi connectivity index (χ0v) is 9.11. The van der Waals surface area contributed by atoms with Crippen LogP contribution in [0.3, 0.4) is 0 Å². The minimum absolute atomic E-state index is 0.442. The first-order chi connectivity index (χ1) is 6.90. The highest BCUT2D eigenvalue weighted by Crippen LogP contribution is 2.11. The molecule has 2 fully saturated rings. The molecule has 0 radical (unpaired) electrons. The fourth-order valence-electron chi connectivity index (χ4n) is 1.87. The van der Waals surface area contributed by atoms with E-state index in [1.165, 1.54) is 0 Å². The van der Waals surface area contributed by atoms with Gasteiger partial charge in [0, 0.05) is 26.2 Å². The summed E-state index contributed by atoms with van der Waals surface area (Å²) >= 11 is 0. The third kappa shape index (κ3) is 2.69. The Labute approximate surface area is 85.8 Å². The smallest absolute Gasteiger partial charge is 0.209 e. The van der Waals surface area contributed by atoms with Crippen LogP contribution >= 0.6 is 0 Å².